The zero-order chi connectivity index (χ0) is 17.3. The molecule has 136 valence electrons. The number of piperidine rings is 1. The lowest BCUT2D eigenvalue weighted by atomic mass is 9.90. The van der Waals surface area contributed by atoms with Gasteiger partial charge in [0.25, 0.3) is 5.91 Å². The van der Waals surface area contributed by atoms with E-state index in [0.717, 1.165) is 37.9 Å². The Morgan fingerprint density at radius 3 is 2.92 bits per heavy atom. The Bertz CT molecular complexity index is 631. The second-order valence-corrected chi connectivity index (χ2v) is 7.30. The molecule has 3 aliphatic heterocycles. The van der Waals surface area contributed by atoms with E-state index in [1.807, 2.05) is 11.0 Å². The summed E-state index contributed by atoms with van der Waals surface area (Å²) in [6.45, 7) is 4.02. The third-order valence-electron chi connectivity index (χ3n) is 5.48. The van der Waals surface area contributed by atoms with E-state index in [9.17, 15) is 9.18 Å². The maximum absolute atomic E-state index is 13.6. The summed E-state index contributed by atoms with van der Waals surface area (Å²) in [6, 6.07) is 6.70. The van der Waals surface area contributed by atoms with E-state index >= 15 is 0 Å². The van der Waals surface area contributed by atoms with Gasteiger partial charge in [-0.05, 0) is 43.9 Å². The van der Waals surface area contributed by atoms with E-state index in [1.165, 1.54) is 6.07 Å². The molecule has 2 atom stereocenters. The van der Waals surface area contributed by atoms with Crippen LogP contribution in [-0.2, 0) is 14.3 Å². The Morgan fingerprint density at radius 1 is 1.20 bits per heavy atom. The van der Waals surface area contributed by atoms with Crippen molar-refractivity contribution in [3.63, 3.8) is 0 Å². The van der Waals surface area contributed by atoms with Crippen LogP contribution < -0.4 is 4.90 Å². The van der Waals surface area contributed by atoms with Gasteiger partial charge in [-0.2, -0.15) is 0 Å². The topological polar surface area (TPSA) is 42.0 Å². The van der Waals surface area contributed by atoms with Crippen molar-refractivity contribution in [2.24, 2.45) is 0 Å². The highest BCUT2D eigenvalue weighted by Crippen LogP contribution is 2.32. The first-order valence-electron chi connectivity index (χ1n) is 9.20. The summed E-state index contributed by atoms with van der Waals surface area (Å²) in [5, 5.41) is 0. The van der Waals surface area contributed by atoms with Gasteiger partial charge >= 0.3 is 0 Å². The second-order valence-electron chi connectivity index (χ2n) is 7.30. The molecule has 0 aliphatic carbocycles. The van der Waals surface area contributed by atoms with Crippen LogP contribution in [0.2, 0.25) is 0 Å². The zero-order valence-corrected chi connectivity index (χ0v) is 14.5. The van der Waals surface area contributed by atoms with Gasteiger partial charge in [0.2, 0.25) is 0 Å². The smallest absolute Gasteiger partial charge is 0.251 e. The highest BCUT2D eigenvalue weighted by Gasteiger charge is 2.43. The number of carbonyl (C=O) groups is 1. The molecule has 25 heavy (non-hydrogen) atoms. The minimum absolute atomic E-state index is 0.100. The van der Waals surface area contributed by atoms with Crippen molar-refractivity contribution in [1.29, 1.82) is 0 Å². The van der Waals surface area contributed by atoms with Crippen LogP contribution in [0, 0.1) is 5.82 Å². The van der Waals surface area contributed by atoms with Gasteiger partial charge in [-0.3, -0.25) is 4.79 Å². The summed E-state index contributed by atoms with van der Waals surface area (Å²) in [4.78, 5) is 16.8. The first-order chi connectivity index (χ1) is 12.2. The molecule has 0 bridgehead atoms. The number of hydrogen-bond donors (Lipinski definition) is 0. The molecule has 3 saturated heterocycles. The van der Waals surface area contributed by atoms with Crippen LogP contribution in [-0.4, -0.2) is 61.9 Å². The minimum Gasteiger partial charge on any atom is -0.369 e. The van der Waals surface area contributed by atoms with Gasteiger partial charge in [0.1, 0.15) is 17.5 Å². The lowest BCUT2D eigenvalue weighted by molar-refractivity contribution is -0.160. The number of hydrogen-bond acceptors (Lipinski definition) is 4. The van der Waals surface area contributed by atoms with E-state index in [-0.39, 0.29) is 23.4 Å². The monoisotopic (exact) mass is 348 g/mol. The molecule has 0 radical (unpaired) electrons. The normalized spacial score (nSPS) is 30.0. The molecule has 0 N–H and O–H groups in total. The summed E-state index contributed by atoms with van der Waals surface area (Å²) in [7, 11) is 0. The lowest BCUT2D eigenvalue weighted by Crippen LogP contribution is -2.61. The van der Waals surface area contributed by atoms with Crippen LogP contribution in [0.3, 0.4) is 0 Å². The number of carbonyl (C=O) groups excluding carboxylic acids is 1. The van der Waals surface area contributed by atoms with Crippen LogP contribution in [0.25, 0.3) is 0 Å². The molecule has 3 heterocycles. The standard InChI is InChI=1S/C19H25FN2O3/c20-15-4-1-5-16(12-15)21-8-3-7-19(13-21)14-22(9-11-25-19)18(23)17-6-2-10-24-17/h1,4-5,12,17H,2-3,6-11,13-14H2/t17-,19+/m1/s1. The highest BCUT2D eigenvalue weighted by molar-refractivity contribution is 5.81. The summed E-state index contributed by atoms with van der Waals surface area (Å²) in [5.74, 6) is -0.125. The molecular formula is C19H25FN2O3. The van der Waals surface area contributed by atoms with Crippen molar-refractivity contribution in [2.45, 2.75) is 37.4 Å². The van der Waals surface area contributed by atoms with E-state index in [1.54, 1.807) is 12.1 Å². The predicted molar refractivity (Wildman–Crippen MR) is 92.1 cm³/mol. The summed E-state index contributed by atoms with van der Waals surface area (Å²) >= 11 is 0. The summed E-state index contributed by atoms with van der Waals surface area (Å²) in [5.41, 5.74) is 0.516. The largest absolute Gasteiger partial charge is 0.369 e. The highest BCUT2D eigenvalue weighted by atomic mass is 19.1. The molecule has 6 heteroatoms. The zero-order valence-electron chi connectivity index (χ0n) is 14.5. The Morgan fingerprint density at radius 2 is 2.12 bits per heavy atom. The molecule has 1 aromatic rings. The SMILES string of the molecule is O=C([C@H]1CCCO1)N1CCO[C@]2(CCCN(c3cccc(F)c3)C2)C1. The fourth-order valence-electron chi connectivity index (χ4n) is 4.25. The van der Waals surface area contributed by atoms with Gasteiger partial charge in [0, 0.05) is 31.9 Å². The molecule has 1 aromatic carbocycles. The Balaban J connectivity index is 1.47. The summed E-state index contributed by atoms with van der Waals surface area (Å²) in [6.07, 6.45) is 3.39. The molecule has 5 nitrogen and oxygen atoms in total. The summed E-state index contributed by atoms with van der Waals surface area (Å²) < 4.78 is 25.3. The molecule has 3 fully saturated rings. The van der Waals surface area contributed by atoms with E-state index < -0.39 is 0 Å². The van der Waals surface area contributed by atoms with Crippen molar-refractivity contribution in [3.8, 4) is 0 Å². The van der Waals surface area contributed by atoms with Crippen molar-refractivity contribution in [2.75, 3.05) is 44.3 Å². The molecule has 0 aromatic heterocycles. The first kappa shape index (κ1) is 16.8. The number of benzene rings is 1. The average molecular weight is 348 g/mol. The predicted octanol–water partition coefficient (Wildman–Crippen LogP) is 2.20. The van der Waals surface area contributed by atoms with Gasteiger partial charge in [-0.15, -0.1) is 0 Å². The van der Waals surface area contributed by atoms with Crippen LogP contribution >= 0.6 is 0 Å². The van der Waals surface area contributed by atoms with Crippen molar-refractivity contribution in [3.05, 3.63) is 30.1 Å². The van der Waals surface area contributed by atoms with Crippen molar-refractivity contribution < 1.29 is 18.7 Å². The molecule has 1 amide bonds. The van der Waals surface area contributed by atoms with E-state index in [4.69, 9.17) is 9.47 Å². The molecule has 0 unspecified atom stereocenters. The number of nitrogens with zero attached hydrogens (tertiary/aromatic N) is 2. The fraction of sp³-hybridized carbons (Fsp3) is 0.632. The van der Waals surface area contributed by atoms with Gasteiger partial charge in [-0.25, -0.2) is 4.39 Å². The number of anilines is 1. The van der Waals surface area contributed by atoms with Crippen LogP contribution in [0.5, 0.6) is 0 Å². The van der Waals surface area contributed by atoms with Crippen LogP contribution in [0.1, 0.15) is 25.7 Å². The van der Waals surface area contributed by atoms with E-state index in [0.29, 0.717) is 32.8 Å². The maximum atomic E-state index is 13.6. The van der Waals surface area contributed by atoms with Gasteiger partial charge in [-0.1, -0.05) is 6.07 Å². The minimum atomic E-state index is -0.364. The fourth-order valence-corrected chi connectivity index (χ4v) is 4.25. The van der Waals surface area contributed by atoms with Gasteiger partial charge in [0.05, 0.1) is 13.2 Å². The third kappa shape index (κ3) is 3.51. The number of morpholine rings is 1. The third-order valence-corrected chi connectivity index (χ3v) is 5.48. The first-order valence-corrected chi connectivity index (χ1v) is 9.20. The second kappa shape index (κ2) is 6.92. The Labute approximate surface area is 147 Å². The number of amides is 1. The maximum Gasteiger partial charge on any atom is 0.251 e. The molecule has 4 rings (SSSR count). The van der Waals surface area contributed by atoms with E-state index in [2.05, 4.69) is 4.90 Å². The lowest BCUT2D eigenvalue weighted by Gasteiger charge is -2.48. The number of ether oxygens (including phenoxy) is 2. The average Bonchev–Trinajstić information content (AvgIpc) is 3.16. The van der Waals surface area contributed by atoms with Crippen molar-refractivity contribution in [1.82, 2.24) is 4.90 Å². The van der Waals surface area contributed by atoms with Crippen molar-refractivity contribution >= 4 is 11.6 Å². The molecule has 3 aliphatic rings. The van der Waals surface area contributed by atoms with Crippen LogP contribution in [0.15, 0.2) is 24.3 Å². The van der Waals surface area contributed by atoms with Crippen LogP contribution in [0.4, 0.5) is 10.1 Å². The quantitative estimate of drug-likeness (QED) is 0.822. The Kier molecular flexibility index (Phi) is 4.65. The Hall–Kier alpha value is -1.66. The molecule has 1 spiro atoms. The molecule has 0 saturated carbocycles. The van der Waals surface area contributed by atoms with Gasteiger partial charge in [0.15, 0.2) is 0 Å². The number of rotatable bonds is 2. The molecular weight excluding hydrogens is 323 g/mol. The van der Waals surface area contributed by atoms with Gasteiger partial charge < -0.3 is 19.3 Å². The number of halogens is 1.